The Bertz CT molecular complexity index is 1180. The Labute approximate surface area is 193 Å². The van der Waals surface area contributed by atoms with Crippen molar-refractivity contribution in [3.05, 3.63) is 83.8 Å². The second kappa shape index (κ2) is 10.4. The molecular weight excluding hydrogens is 414 g/mol. The van der Waals surface area contributed by atoms with Crippen LogP contribution in [0.1, 0.15) is 67.2 Å². The molecule has 1 saturated carbocycles. The number of aliphatic hydroxyl groups is 1. The molecule has 1 aliphatic carbocycles. The Morgan fingerprint density at radius 2 is 1.82 bits per heavy atom. The number of hydrogen-bond acceptors (Lipinski definition) is 5. The van der Waals surface area contributed by atoms with Crippen molar-refractivity contribution in [2.45, 2.75) is 51.6 Å². The van der Waals surface area contributed by atoms with Crippen LogP contribution in [0.25, 0.3) is 11.0 Å². The first-order chi connectivity index (χ1) is 16.2. The third-order valence-corrected chi connectivity index (χ3v) is 5.82. The van der Waals surface area contributed by atoms with Crippen LogP contribution < -0.4 is 4.74 Å². The van der Waals surface area contributed by atoms with E-state index >= 15 is 0 Å². The fourth-order valence-corrected chi connectivity index (χ4v) is 4.23. The van der Waals surface area contributed by atoms with E-state index in [1.165, 1.54) is 0 Å². The van der Waals surface area contributed by atoms with Gasteiger partial charge in [0.1, 0.15) is 5.75 Å². The number of para-hydroxylation sites is 2. The Balaban J connectivity index is 0.00000126. The molecule has 170 valence electrons. The second-order valence-corrected chi connectivity index (χ2v) is 7.97. The predicted octanol–water partition coefficient (Wildman–Crippen LogP) is 6.03. The van der Waals surface area contributed by atoms with Gasteiger partial charge in [0.25, 0.3) is 0 Å². The summed E-state index contributed by atoms with van der Waals surface area (Å²) < 4.78 is 6.06. The molecule has 1 aliphatic rings. The van der Waals surface area contributed by atoms with Crippen LogP contribution in [-0.4, -0.2) is 31.9 Å². The number of ether oxygens (including phenoxy) is 1. The van der Waals surface area contributed by atoms with Crippen molar-refractivity contribution in [2.75, 3.05) is 0 Å². The van der Waals surface area contributed by atoms with E-state index in [9.17, 15) is 9.90 Å². The topological polar surface area (TPSA) is 88.1 Å². The maximum Gasteiger partial charge on any atom is 0.228 e. The Hall–Kier alpha value is -3.51. The number of aromatic amines is 1. The molecule has 0 aliphatic heterocycles. The highest BCUT2D eigenvalue weighted by Crippen LogP contribution is 2.38. The van der Waals surface area contributed by atoms with Crippen molar-refractivity contribution in [1.29, 1.82) is 0 Å². The van der Waals surface area contributed by atoms with Gasteiger partial charge in [-0.1, -0.05) is 38.5 Å². The maximum absolute atomic E-state index is 12.8. The van der Waals surface area contributed by atoms with Crippen molar-refractivity contribution < 1.29 is 14.6 Å². The van der Waals surface area contributed by atoms with E-state index in [1.807, 2.05) is 50.2 Å². The van der Waals surface area contributed by atoms with Crippen LogP contribution in [0.4, 0.5) is 0 Å². The summed E-state index contributed by atoms with van der Waals surface area (Å²) in [5.41, 5.74) is 3.15. The number of pyridine rings is 1. The zero-order valence-corrected chi connectivity index (χ0v) is 19.0. The van der Waals surface area contributed by atoms with Crippen LogP contribution in [0.15, 0.2) is 66.9 Å². The SMILES string of the molecule is CC.O=C(c1ccc(Oc2ncccc2C2CCCC(O)C2)cc1)c1nc2ccccc2[nH]1. The molecule has 6 nitrogen and oxygen atoms in total. The van der Waals surface area contributed by atoms with Crippen LogP contribution in [-0.2, 0) is 0 Å². The Morgan fingerprint density at radius 1 is 1.03 bits per heavy atom. The number of nitrogens with zero attached hydrogens (tertiary/aromatic N) is 2. The molecule has 2 atom stereocenters. The molecule has 4 aromatic rings. The molecular formula is C27H29N3O3. The zero-order chi connectivity index (χ0) is 23.2. The van der Waals surface area contributed by atoms with Gasteiger partial charge in [0, 0.05) is 17.3 Å². The largest absolute Gasteiger partial charge is 0.439 e. The lowest BCUT2D eigenvalue weighted by atomic mass is 9.83. The molecule has 6 heteroatoms. The lowest BCUT2D eigenvalue weighted by Crippen LogP contribution is -2.18. The number of carbonyl (C=O) groups excluding carboxylic acids is 1. The average molecular weight is 444 g/mol. The van der Waals surface area contributed by atoms with Gasteiger partial charge < -0.3 is 14.8 Å². The third kappa shape index (κ3) is 5.12. The molecule has 5 rings (SSSR count). The number of H-pyrrole nitrogens is 1. The summed E-state index contributed by atoms with van der Waals surface area (Å²) in [6.07, 6.45) is 5.04. The van der Waals surface area contributed by atoms with E-state index < -0.39 is 0 Å². The minimum atomic E-state index is -0.268. The van der Waals surface area contributed by atoms with E-state index in [4.69, 9.17) is 4.74 Å². The van der Waals surface area contributed by atoms with Crippen LogP contribution in [0.2, 0.25) is 0 Å². The summed E-state index contributed by atoms with van der Waals surface area (Å²) in [7, 11) is 0. The van der Waals surface area contributed by atoms with Crippen LogP contribution >= 0.6 is 0 Å². The second-order valence-electron chi connectivity index (χ2n) is 7.97. The standard InChI is InChI=1S/C25H23N3O3.C2H6/c29-18-6-3-5-17(15-18)20-7-4-14-26-25(20)31-19-12-10-16(11-13-19)23(30)24-27-21-8-1-2-9-22(21)28-24;1-2/h1-2,4,7-14,17-18,29H,3,5-6,15H2,(H,27,28);1-2H3. The highest BCUT2D eigenvalue weighted by molar-refractivity contribution is 6.08. The van der Waals surface area contributed by atoms with Crippen molar-refractivity contribution >= 4 is 16.8 Å². The highest BCUT2D eigenvalue weighted by Gasteiger charge is 2.25. The quantitative estimate of drug-likeness (QED) is 0.368. The Morgan fingerprint density at radius 3 is 2.58 bits per heavy atom. The molecule has 2 heterocycles. The number of carbonyl (C=O) groups is 1. The van der Waals surface area contributed by atoms with Crippen LogP contribution in [0.3, 0.4) is 0 Å². The summed E-state index contributed by atoms with van der Waals surface area (Å²) in [5.74, 6) is 1.55. The monoisotopic (exact) mass is 443 g/mol. The minimum absolute atomic E-state index is 0.169. The van der Waals surface area contributed by atoms with Gasteiger partial charge in [0.15, 0.2) is 5.82 Å². The summed E-state index contributed by atoms with van der Waals surface area (Å²) >= 11 is 0. The number of nitrogens with one attached hydrogen (secondary N) is 1. The smallest absolute Gasteiger partial charge is 0.228 e. The molecule has 2 aromatic carbocycles. The molecule has 0 saturated heterocycles. The van der Waals surface area contributed by atoms with Gasteiger partial charge in [-0.05, 0) is 67.6 Å². The molecule has 2 aromatic heterocycles. The molecule has 0 radical (unpaired) electrons. The van der Waals surface area contributed by atoms with E-state index in [-0.39, 0.29) is 17.8 Å². The van der Waals surface area contributed by atoms with Crippen molar-refractivity contribution in [2.24, 2.45) is 0 Å². The van der Waals surface area contributed by atoms with Gasteiger partial charge in [-0.15, -0.1) is 0 Å². The van der Waals surface area contributed by atoms with Gasteiger partial charge in [-0.3, -0.25) is 4.79 Å². The fourth-order valence-electron chi connectivity index (χ4n) is 4.23. The van der Waals surface area contributed by atoms with Gasteiger partial charge in [-0.2, -0.15) is 0 Å². The number of ketones is 1. The van der Waals surface area contributed by atoms with Crippen molar-refractivity contribution in [1.82, 2.24) is 15.0 Å². The normalized spacial score (nSPS) is 17.8. The van der Waals surface area contributed by atoms with Crippen LogP contribution in [0.5, 0.6) is 11.6 Å². The molecule has 2 unspecified atom stereocenters. The first-order valence-corrected chi connectivity index (χ1v) is 11.6. The lowest BCUT2D eigenvalue weighted by Gasteiger charge is -2.27. The molecule has 0 amide bonds. The fraction of sp³-hybridized carbons (Fsp3) is 0.296. The molecule has 2 N–H and O–H groups in total. The lowest BCUT2D eigenvalue weighted by molar-refractivity contribution is 0.103. The molecule has 33 heavy (non-hydrogen) atoms. The van der Waals surface area contributed by atoms with Gasteiger partial charge in [0.05, 0.1) is 17.1 Å². The number of benzene rings is 2. The van der Waals surface area contributed by atoms with E-state index in [0.717, 1.165) is 42.3 Å². The van der Waals surface area contributed by atoms with Crippen molar-refractivity contribution in [3.63, 3.8) is 0 Å². The first kappa shape index (κ1) is 22.7. The van der Waals surface area contributed by atoms with Crippen LogP contribution in [0, 0.1) is 0 Å². The number of fused-ring (bicyclic) bond motifs is 1. The van der Waals surface area contributed by atoms with Gasteiger partial charge in [0.2, 0.25) is 11.7 Å². The maximum atomic E-state index is 12.8. The van der Waals surface area contributed by atoms with E-state index in [1.54, 1.807) is 30.5 Å². The minimum Gasteiger partial charge on any atom is -0.439 e. The number of imidazole rings is 1. The van der Waals surface area contributed by atoms with E-state index in [0.29, 0.717) is 23.0 Å². The third-order valence-electron chi connectivity index (χ3n) is 5.82. The molecule has 0 spiro atoms. The van der Waals surface area contributed by atoms with Gasteiger partial charge in [-0.25, -0.2) is 9.97 Å². The van der Waals surface area contributed by atoms with Crippen molar-refractivity contribution in [3.8, 4) is 11.6 Å². The van der Waals surface area contributed by atoms with Gasteiger partial charge >= 0.3 is 0 Å². The van der Waals surface area contributed by atoms with E-state index in [2.05, 4.69) is 15.0 Å². The highest BCUT2D eigenvalue weighted by atomic mass is 16.5. The summed E-state index contributed by atoms with van der Waals surface area (Å²) in [5, 5.41) is 10.0. The number of aliphatic hydroxyl groups excluding tert-OH is 1. The number of rotatable bonds is 5. The summed E-state index contributed by atoms with van der Waals surface area (Å²) in [6.45, 7) is 4.00. The summed E-state index contributed by atoms with van der Waals surface area (Å²) in [4.78, 5) is 24.7. The first-order valence-electron chi connectivity index (χ1n) is 11.6. The summed E-state index contributed by atoms with van der Waals surface area (Å²) in [6, 6.07) is 18.5. The zero-order valence-electron chi connectivity index (χ0n) is 19.0. The number of aromatic nitrogens is 3. The predicted molar refractivity (Wildman–Crippen MR) is 129 cm³/mol. The molecule has 1 fully saturated rings. The average Bonchev–Trinajstić information content (AvgIpc) is 3.30. The molecule has 0 bridgehead atoms. The Kier molecular flexibility index (Phi) is 7.15. The number of hydrogen-bond donors (Lipinski definition) is 2.